The van der Waals surface area contributed by atoms with Gasteiger partial charge in [-0.3, -0.25) is 0 Å². The molecule has 0 aromatic carbocycles. The van der Waals surface area contributed by atoms with Gasteiger partial charge in [-0.2, -0.15) is 0 Å². The van der Waals surface area contributed by atoms with Crippen LogP contribution in [0.4, 0.5) is 0 Å². The first-order chi connectivity index (χ1) is 6.21. The van der Waals surface area contributed by atoms with E-state index in [0.29, 0.717) is 9.49 Å². The van der Waals surface area contributed by atoms with Crippen LogP contribution in [0.15, 0.2) is 0 Å². The Kier molecular flexibility index (Phi) is 7.56. The Labute approximate surface area is 106 Å². The first kappa shape index (κ1) is 15.4. The third-order valence-corrected chi connectivity index (χ3v) is 7.01. The van der Waals surface area contributed by atoms with Gasteiger partial charge in [-0.05, 0) is 0 Å². The second-order valence-electron chi connectivity index (χ2n) is 4.98. The first-order valence-electron chi connectivity index (χ1n) is 4.73. The fraction of sp³-hybridized carbons (Fsp3) is 1.00. The van der Waals surface area contributed by atoms with Gasteiger partial charge in [0.1, 0.15) is 0 Å². The zero-order chi connectivity index (χ0) is 11.2. The molecule has 0 spiro atoms. The van der Waals surface area contributed by atoms with Crippen LogP contribution in [0.2, 0.25) is 0 Å². The maximum Gasteiger partial charge on any atom is 0.0501 e. The van der Waals surface area contributed by atoms with E-state index in [1.165, 1.54) is 10.2 Å². The van der Waals surface area contributed by atoms with Gasteiger partial charge in [0.25, 0.3) is 0 Å². The predicted octanol–water partition coefficient (Wildman–Crippen LogP) is 5.35. The largest absolute Gasteiger partial charge is 0.144 e. The average Bonchev–Trinajstić information content (AvgIpc) is 1.92. The molecule has 4 heteroatoms. The van der Waals surface area contributed by atoms with Crippen molar-refractivity contribution in [1.29, 1.82) is 0 Å². The highest BCUT2D eigenvalue weighted by Crippen LogP contribution is 2.36. The van der Waals surface area contributed by atoms with Crippen molar-refractivity contribution in [3.05, 3.63) is 0 Å². The third kappa shape index (κ3) is 13.4. The van der Waals surface area contributed by atoms with E-state index in [1.54, 1.807) is 0 Å². The van der Waals surface area contributed by atoms with Crippen LogP contribution in [0, 0.1) is 0 Å². The SMILES string of the molecule is CC(C)(C)SCSSCSC(C)(C)C. The molecule has 0 aliphatic rings. The Hall–Kier alpha value is 1.40. The molecule has 0 unspecified atom stereocenters. The second kappa shape index (κ2) is 6.87. The summed E-state index contributed by atoms with van der Waals surface area (Å²) in [6, 6.07) is 0. The number of rotatable bonds is 5. The molecule has 0 atom stereocenters. The lowest BCUT2D eigenvalue weighted by atomic mass is 10.3. The van der Waals surface area contributed by atoms with E-state index in [4.69, 9.17) is 0 Å². The molecule has 14 heavy (non-hydrogen) atoms. The van der Waals surface area contributed by atoms with Crippen molar-refractivity contribution in [1.82, 2.24) is 0 Å². The molecular formula is C10H22S4. The summed E-state index contributed by atoms with van der Waals surface area (Å²) in [5.41, 5.74) is 0. The highest BCUT2D eigenvalue weighted by Gasteiger charge is 2.11. The summed E-state index contributed by atoms with van der Waals surface area (Å²) in [6.45, 7) is 13.6. The Morgan fingerprint density at radius 2 is 0.929 bits per heavy atom. The summed E-state index contributed by atoms with van der Waals surface area (Å²) < 4.78 is 0.815. The summed E-state index contributed by atoms with van der Waals surface area (Å²) in [5.74, 6) is 0. The van der Waals surface area contributed by atoms with Crippen LogP contribution in [0.3, 0.4) is 0 Å². The lowest BCUT2D eigenvalue weighted by molar-refractivity contribution is 0.805. The molecule has 0 fully saturated rings. The molecule has 0 saturated heterocycles. The van der Waals surface area contributed by atoms with Crippen LogP contribution in [-0.2, 0) is 0 Å². The minimum atomic E-state index is 0.407. The number of thioether (sulfide) groups is 2. The van der Waals surface area contributed by atoms with Gasteiger partial charge in [0, 0.05) is 9.49 Å². The lowest BCUT2D eigenvalue weighted by Gasteiger charge is -2.18. The van der Waals surface area contributed by atoms with Gasteiger partial charge in [0.2, 0.25) is 0 Å². The molecule has 0 rings (SSSR count). The van der Waals surface area contributed by atoms with E-state index in [1.807, 2.05) is 45.1 Å². The highest BCUT2D eigenvalue weighted by molar-refractivity contribution is 8.79. The monoisotopic (exact) mass is 270 g/mol. The van der Waals surface area contributed by atoms with E-state index in [9.17, 15) is 0 Å². The average molecular weight is 271 g/mol. The van der Waals surface area contributed by atoms with Gasteiger partial charge in [0.05, 0.1) is 10.2 Å². The molecule has 0 radical (unpaired) electrons. The van der Waals surface area contributed by atoms with E-state index in [-0.39, 0.29) is 0 Å². The minimum Gasteiger partial charge on any atom is -0.144 e. The van der Waals surface area contributed by atoms with Gasteiger partial charge < -0.3 is 0 Å². The molecule has 0 N–H and O–H groups in total. The van der Waals surface area contributed by atoms with Crippen molar-refractivity contribution in [3.63, 3.8) is 0 Å². The van der Waals surface area contributed by atoms with Gasteiger partial charge in [-0.25, -0.2) is 0 Å². The van der Waals surface area contributed by atoms with Crippen molar-refractivity contribution in [2.75, 3.05) is 10.2 Å². The molecule has 0 amide bonds. The second-order valence-corrected chi connectivity index (χ2v) is 11.8. The zero-order valence-corrected chi connectivity index (χ0v) is 13.3. The highest BCUT2D eigenvalue weighted by atomic mass is 33.1. The summed E-state index contributed by atoms with van der Waals surface area (Å²) in [6.07, 6.45) is 0. The van der Waals surface area contributed by atoms with Gasteiger partial charge >= 0.3 is 0 Å². The van der Waals surface area contributed by atoms with Crippen molar-refractivity contribution < 1.29 is 0 Å². The van der Waals surface area contributed by atoms with Crippen molar-refractivity contribution in [2.24, 2.45) is 0 Å². The van der Waals surface area contributed by atoms with Crippen molar-refractivity contribution in [3.8, 4) is 0 Å². The van der Waals surface area contributed by atoms with E-state index in [2.05, 4.69) is 41.5 Å². The lowest BCUT2D eigenvalue weighted by Crippen LogP contribution is -2.07. The Balaban J connectivity index is 3.23. The normalized spacial score (nSPS) is 13.3. The Morgan fingerprint density at radius 3 is 1.14 bits per heavy atom. The molecular weight excluding hydrogens is 248 g/mol. The molecule has 86 valence electrons. The molecule has 0 saturated carbocycles. The van der Waals surface area contributed by atoms with Gasteiger partial charge in [-0.15, -0.1) is 23.5 Å². The summed E-state index contributed by atoms with van der Waals surface area (Å²) in [7, 11) is 3.96. The van der Waals surface area contributed by atoms with Crippen molar-refractivity contribution in [2.45, 2.75) is 51.0 Å². The van der Waals surface area contributed by atoms with Gasteiger partial charge in [-0.1, -0.05) is 63.1 Å². The van der Waals surface area contributed by atoms with Crippen molar-refractivity contribution >= 4 is 45.1 Å². The maximum absolute atomic E-state index is 2.27. The third-order valence-electron chi connectivity index (χ3n) is 1.16. The number of hydrogen-bond acceptors (Lipinski definition) is 4. The molecule has 0 aliphatic carbocycles. The van der Waals surface area contributed by atoms with Crippen LogP contribution in [0.25, 0.3) is 0 Å². The van der Waals surface area contributed by atoms with Gasteiger partial charge in [0.15, 0.2) is 0 Å². The van der Waals surface area contributed by atoms with Crippen LogP contribution in [0.5, 0.6) is 0 Å². The molecule has 0 nitrogen and oxygen atoms in total. The fourth-order valence-corrected chi connectivity index (χ4v) is 6.32. The quantitative estimate of drug-likeness (QED) is 0.375. The van der Waals surface area contributed by atoms with Crippen LogP contribution in [-0.4, -0.2) is 19.7 Å². The fourth-order valence-electron chi connectivity index (χ4n) is 0.470. The molecule has 0 heterocycles. The Morgan fingerprint density at radius 1 is 0.643 bits per heavy atom. The summed E-state index contributed by atoms with van der Waals surface area (Å²) >= 11 is 4.05. The predicted molar refractivity (Wildman–Crippen MR) is 79.6 cm³/mol. The molecule has 0 aliphatic heterocycles. The zero-order valence-electron chi connectivity index (χ0n) is 10.0. The molecule has 0 bridgehead atoms. The Bertz CT molecular complexity index is 125. The van der Waals surface area contributed by atoms with E-state index < -0.39 is 0 Å². The summed E-state index contributed by atoms with van der Waals surface area (Å²) in [5, 5.41) is 2.39. The van der Waals surface area contributed by atoms with E-state index in [0.717, 1.165) is 0 Å². The number of hydrogen-bond donors (Lipinski definition) is 0. The van der Waals surface area contributed by atoms with E-state index >= 15 is 0 Å². The maximum atomic E-state index is 2.27. The standard InChI is InChI=1S/C10H22S4/c1-9(2,3)11-7-13-14-8-12-10(4,5)6/h7-8H2,1-6H3. The minimum absolute atomic E-state index is 0.407. The smallest absolute Gasteiger partial charge is 0.0501 e. The van der Waals surface area contributed by atoms with Crippen LogP contribution >= 0.6 is 45.1 Å². The molecule has 0 aromatic heterocycles. The first-order valence-corrected chi connectivity index (χ1v) is 9.19. The molecule has 0 aromatic rings. The topological polar surface area (TPSA) is 0 Å². The summed E-state index contributed by atoms with van der Waals surface area (Å²) in [4.78, 5) is 0. The van der Waals surface area contributed by atoms with Crippen LogP contribution in [0.1, 0.15) is 41.5 Å². The van der Waals surface area contributed by atoms with Crippen LogP contribution < -0.4 is 0 Å².